The second kappa shape index (κ2) is 7.20. The van der Waals surface area contributed by atoms with E-state index in [-0.39, 0.29) is 6.04 Å². The summed E-state index contributed by atoms with van der Waals surface area (Å²) >= 11 is 5.10. The number of halogens is 3. The van der Waals surface area contributed by atoms with Gasteiger partial charge in [0.1, 0.15) is 11.6 Å². The minimum atomic E-state index is -0.556. The van der Waals surface area contributed by atoms with Crippen LogP contribution in [0, 0.1) is 11.6 Å². The van der Waals surface area contributed by atoms with Crippen LogP contribution < -0.4 is 5.32 Å². The number of thioether (sulfide) groups is 1. The zero-order valence-corrected chi connectivity index (χ0v) is 13.3. The van der Waals surface area contributed by atoms with Gasteiger partial charge >= 0.3 is 0 Å². The topological polar surface area (TPSA) is 12.0 Å². The maximum atomic E-state index is 13.8. The first-order valence-electron chi connectivity index (χ1n) is 6.11. The Morgan fingerprint density at radius 1 is 1.20 bits per heavy atom. The van der Waals surface area contributed by atoms with E-state index in [1.807, 2.05) is 24.3 Å². The number of hydrogen-bond acceptors (Lipinski definition) is 2. The van der Waals surface area contributed by atoms with Gasteiger partial charge < -0.3 is 5.32 Å². The van der Waals surface area contributed by atoms with Crippen molar-refractivity contribution in [1.82, 2.24) is 5.32 Å². The van der Waals surface area contributed by atoms with Gasteiger partial charge in [-0.1, -0.05) is 18.2 Å². The SMILES string of the molecule is CNC(CSc1ccccc1Br)c1ccc(F)cc1F. The lowest BCUT2D eigenvalue weighted by atomic mass is 10.1. The molecule has 1 N–H and O–H groups in total. The predicted molar refractivity (Wildman–Crippen MR) is 83.0 cm³/mol. The van der Waals surface area contributed by atoms with E-state index in [2.05, 4.69) is 21.2 Å². The van der Waals surface area contributed by atoms with E-state index < -0.39 is 11.6 Å². The summed E-state index contributed by atoms with van der Waals surface area (Å²) in [6.07, 6.45) is 0. The summed E-state index contributed by atoms with van der Waals surface area (Å²) in [5.41, 5.74) is 0.480. The van der Waals surface area contributed by atoms with Crippen LogP contribution >= 0.6 is 27.7 Å². The first-order chi connectivity index (χ1) is 9.61. The third-order valence-electron chi connectivity index (χ3n) is 2.93. The molecule has 106 valence electrons. The fourth-order valence-corrected chi connectivity index (χ4v) is 3.55. The van der Waals surface area contributed by atoms with Crippen LogP contribution in [0.3, 0.4) is 0 Å². The first-order valence-corrected chi connectivity index (χ1v) is 7.89. The summed E-state index contributed by atoms with van der Waals surface area (Å²) in [6, 6.07) is 11.4. The van der Waals surface area contributed by atoms with Crippen molar-refractivity contribution in [3.8, 4) is 0 Å². The molecule has 2 aromatic carbocycles. The Hall–Kier alpha value is -0.910. The Morgan fingerprint density at radius 3 is 2.60 bits per heavy atom. The van der Waals surface area contributed by atoms with Gasteiger partial charge in [-0.3, -0.25) is 0 Å². The highest BCUT2D eigenvalue weighted by molar-refractivity contribution is 9.10. The number of rotatable bonds is 5. The van der Waals surface area contributed by atoms with Gasteiger partial charge in [0.25, 0.3) is 0 Å². The van der Waals surface area contributed by atoms with Crippen molar-refractivity contribution in [1.29, 1.82) is 0 Å². The van der Waals surface area contributed by atoms with Gasteiger partial charge in [0, 0.05) is 32.8 Å². The molecule has 0 bridgehead atoms. The molecular weight excluding hydrogens is 344 g/mol. The Labute approximate surface area is 129 Å². The van der Waals surface area contributed by atoms with E-state index >= 15 is 0 Å². The van der Waals surface area contributed by atoms with Gasteiger partial charge in [0.05, 0.1) is 0 Å². The van der Waals surface area contributed by atoms with Crippen LogP contribution in [0.5, 0.6) is 0 Å². The van der Waals surface area contributed by atoms with Gasteiger partial charge in [-0.25, -0.2) is 8.78 Å². The zero-order chi connectivity index (χ0) is 14.5. The summed E-state index contributed by atoms with van der Waals surface area (Å²) < 4.78 is 27.8. The highest BCUT2D eigenvalue weighted by Gasteiger charge is 2.15. The Morgan fingerprint density at radius 2 is 1.95 bits per heavy atom. The third-order valence-corrected chi connectivity index (χ3v) is 5.05. The monoisotopic (exact) mass is 357 g/mol. The molecule has 0 fully saturated rings. The van der Waals surface area contributed by atoms with E-state index in [1.54, 1.807) is 18.8 Å². The highest BCUT2D eigenvalue weighted by atomic mass is 79.9. The molecule has 0 aliphatic rings. The van der Waals surface area contributed by atoms with Gasteiger partial charge in [-0.15, -0.1) is 11.8 Å². The van der Waals surface area contributed by atoms with Gasteiger partial charge in [-0.2, -0.15) is 0 Å². The molecule has 0 radical (unpaired) electrons. The second-order valence-corrected chi connectivity index (χ2v) is 6.16. The number of hydrogen-bond donors (Lipinski definition) is 1. The fourth-order valence-electron chi connectivity index (χ4n) is 1.85. The lowest BCUT2D eigenvalue weighted by Gasteiger charge is -2.17. The normalized spacial score (nSPS) is 12.4. The standard InChI is InChI=1S/C15H14BrF2NS/c1-19-14(11-7-6-10(17)8-13(11)18)9-20-15-5-3-2-4-12(15)16/h2-8,14,19H,9H2,1H3. The smallest absolute Gasteiger partial charge is 0.130 e. The Balaban J connectivity index is 2.11. The molecular formula is C15H14BrF2NS. The van der Waals surface area contributed by atoms with Crippen molar-refractivity contribution in [2.75, 3.05) is 12.8 Å². The molecule has 0 aliphatic heterocycles. The molecule has 1 atom stereocenters. The quantitative estimate of drug-likeness (QED) is 0.772. The molecule has 0 amide bonds. The third kappa shape index (κ3) is 3.81. The highest BCUT2D eigenvalue weighted by Crippen LogP contribution is 2.31. The van der Waals surface area contributed by atoms with Crippen molar-refractivity contribution in [2.24, 2.45) is 0 Å². The summed E-state index contributed by atoms with van der Waals surface area (Å²) in [5.74, 6) is -0.418. The van der Waals surface area contributed by atoms with Crippen LogP contribution in [-0.4, -0.2) is 12.8 Å². The molecule has 2 aromatic rings. The van der Waals surface area contributed by atoms with Crippen molar-refractivity contribution < 1.29 is 8.78 Å². The van der Waals surface area contributed by atoms with Crippen LogP contribution in [-0.2, 0) is 0 Å². The van der Waals surface area contributed by atoms with Crippen molar-refractivity contribution in [3.63, 3.8) is 0 Å². The summed E-state index contributed by atoms with van der Waals surface area (Å²) in [4.78, 5) is 1.09. The van der Waals surface area contributed by atoms with E-state index in [4.69, 9.17) is 0 Å². The molecule has 0 aromatic heterocycles. The Kier molecular flexibility index (Phi) is 5.57. The predicted octanol–water partition coefficient (Wildman–Crippen LogP) is 4.78. The van der Waals surface area contributed by atoms with Crippen molar-refractivity contribution >= 4 is 27.7 Å². The first kappa shape index (κ1) is 15.5. The van der Waals surface area contributed by atoms with E-state index in [0.29, 0.717) is 11.3 Å². The lowest BCUT2D eigenvalue weighted by molar-refractivity contribution is 0.545. The summed E-state index contributed by atoms with van der Waals surface area (Å²) in [5, 5.41) is 3.07. The van der Waals surface area contributed by atoms with Crippen molar-refractivity contribution in [2.45, 2.75) is 10.9 Å². The van der Waals surface area contributed by atoms with Crippen LogP contribution in [0.1, 0.15) is 11.6 Å². The summed E-state index contributed by atoms with van der Waals surface area (Å²) in [6.45, 7) is 0. The molecule has 1 nitrogen and oxygen atoms in total. The Bertz CT molecular complexity index is 592. The molecule has 20 heavy (non-hydrogen) atoms. The molecule has 0 saturated heterocycles. The average Bonchev–Trinajstić information content (AvgIpc) is 2.43. The van der Waals surface area contributed by atoms with Crippen LogP contribution in [0.15, 0.2) is 51.8 Å². The lowest BCUT2D eigenvalue weighted by Crippen LogP contribution is -2.20. The summed E-state index contributed by atoms with van der Waals surface area (Å²) in [7, 11) is 1.77. The van der Waals surface area contributed by atoms with Crippen LogP contribution in [0.4, 0.5) is 8.78 Å². The molecule has 0 saturated carbocycles. The fraction of sp³-hybridized carbons (Fsp3) is 0.200. The van der Waals surface area contributed by atoms with Crippen LogP contribution in [0.25, 0.3) is 0 Å². The maximum Gasteiger partial charge on any atom is 0.130 e. The average molecular weight is 358 g/mol. The van der Waals surface area contributed by atoms with Gasteiger partial charge in [0.2, 0.25) is 0 Å². The zero-order valence-electron chi connectivity index (χ0n) is 10.9. The maximum absolute atomic E-state index is 13.8. The second-order valence-electron chi connectivity index (χ2n) is 4.25. The van der Waals surface area contributed by atoms with Gasteiger partial charge in [0.15, 0.2) is 0 Å². The van der Waals surface area contributed by atoms with E-state index in [0.717, 1.165) is 15.4 Å². The number of nitrogens with one attached hydrogen (secondary N) is 1. The molecule has 1 unspecified atom stereocenters. The largest absolute Gasteiger partial charge is 0.312 e. The van der Waals surface area contributed by atoms with E-state index in [9.17, 15) is 8.78 Å². The van der Waals surface area contributed by atoms with E-state index in [1.165, 1.54) is 12.1 Å². The van der Waals surface area contributed by atoms with Gasteiger partial charge in [-0.05, 0) is 41.2 Å². The minimum absolute atomic E-state index is 0.173. The molecule has 5 heteroatoms. The minimum Gasteiger partial charge on any atom is -0.312 e. The molecule has 0 spiro atoms. The molecule has 2 rings (SSSR count). The van der Waals surface area contributed by atoms with Crippen LogP contribution in [0.2, 0.25) is 0 Å². The number of benzene rings is 2. The van der Waals surface area contributed by atoms with Crippen molar-refractivity contribution in [3.05, 3.63) is 64.1 Å². The molecule has 0 aliphatic carbocycles. The molecule has 0 heterocycles.